The van der Waals surface area contributed by atoms with Gasteiger partial charge in [-0.1, -0.05) is 18.6 Å². The van der Waals surface area contributed by atoms with Crippen molar-refractivity contribution in [2.45, 2.75) is 31.9 Å². The normalized spacial score (nSPS) is 11.0. The van der Waals surface area contributed by atoms with Crippen LogP contribution in [0.3, 0.4) is 0 Å². The molecule has 0 saturated carbocycles. The number of anilines is 1. The van der Waals surface area contributed by atoms with E-state index < -0.39 is 17.8 Å². The average Bonchev–Trinajstić information content (AvgIpc) is 2.49. The maximum atomic E-state index is 12.8. The number of esters is 1. The summed E-state index contributed by atoms with van der Waals surface area (Å²) >= 11 is 0. The molecule has 8 heteroatoms. The van der Waals surface area contributed by atoms with Crippen molar-refractivity contribution in [2.75, 3.05) is 19.0 Å². The number of para-hydroxylation sites is 1. The lowest BCUT2D eigenvalue weighted by molar-refractivity contribution is -0.140. The van der Waals surface area contributed by atoms with Gasteiger partial charge in [-0.15, -0.1) is 0 Å². The summed E-state index contributed by atoms with van der Waals surface area (Å²) in [5.74, 6) is -0.292. The van der Waals surface area contributed by atoms with E-state index >= 15 is 0 Å². The molecule has 1 aromatic carbocycles. The van der Waals surface area contributed by atoms with Crippen molar-refractivity contribution in [3.05, 3.63) is 29.8 Å². The lowest BCUT2D eigenvalue weighted by atomic mass is 10.1. The molecule has 0 aliphatic heterocycles. The first kappa shape index (κ1) is 18.8. The van der Waals surface area contributed by atoms with Crippen LogP contribution in [0.2, 0.25) is 0 Å². The Bertz CT molecular complexity index is 533. The van der Waals surface area contributed by atoms with E-state index in [4.69, 9.17) is 0 Å². The quantitative estimate of drug-likeness (QED) is 0.592. The van der Waals surface area contributed by atoms with Gasteiger partial charge in [0, 0.05) is 13.0 Å². The average molecular weight is 332 g/mol. The molecule has 5 nitrogen and oxygen atoms in total. The van der Waals surface area contributed by atoms with Crippen LogP contribution >= 0.6 is 0 Å². The molecule has 0 atom stereocenters. The molecule has 0 aromatic heterocycles. The Morgan fingerprint density at radius 2 is 1.83 bits per heavy atom. The number of carbonyl (C=O) groups excluding carboxylic acids is 2. The van der Waals surface area contributed by atoms with E-state index in [0.29, 0.717) is 32.2 Å². The Kier molecular flexibility index (Phi) is 7.37. The number of ether oxygens (including phenoxy) is 1. The lowest BCUT2D eigenvalue weighted by Gasteiger charge is -2.14. The summed E-state index contributed by atoms with van der Waals surface area (Å²) in [6.07, 6.45) is -2.27. The second-order valence-corrected chi connectivity index (χ2v) is 4.81. The molecule has 2 N–H and O–H groups in total. The molecular weight excluding hydrogens is 313 g/mol. The molecular formula is C15H19F3N2O3. The van der Waals surface area contributed by atoms with Gasteiger partial charge in [0.2, 0.25) is 0 Å². The largest absolute Gasteiger partial charge is 0.469 e. The topological polar surface area (TPSA) is 67.4 Å². The number of halogens is 3. The van der Waals surface area contributed by atoms with E-state index in [1.165, 1.54) is 25.3 Å². The Hall–Kier alpha value is -2.25. The molecule has 0 aliphatic carbocycles. The number of alkyl halides is 3. The van der Waals surface area contributed by atoms with Crippen molar-refractivity contribution in [3.63, 3.8) is 0 Å². The molecule has 0 fully saturated rings. The molecule has 0 unspecified atom stereocenters. The number of hydrogen-bond donors (Lipinski definition) is 2. The van der Waals surface area contributed by atoms with Gasteiger partial charge in [0.05, 0.1) is 18.4 Å². The van der Waals surface area contributed by atoms with Crippen LogP contribution < -0.4 is 10.6 Å². The minimum atomic E-state index is -4.53. The van der Waals surface area contributed by atoms with Gasteiger partial charge >= 0.3 is 18.2 Å². The van der Waals surface area contributed by atoms with Gasteiger partial charge in [0.15, 0.2) is 0 Å². The first-order valence-electron chi connectivity index (χ1n) is 7.12. The molecule has 128 valence electrons. The van der Waals surface area contributed by atoms with Gasteiger partial charge in [-0.3, -0.25) is 4.79 Å². The number of benzene rings is 1. The monoisotopic (exact) mass is 332 g/mol. The second kappa shape index (κ2) is 9.02. The van der Waals surface area contributed by atoms with E-state index in [1.54, 1.807) is 0 Å². The predicted octanol–water partition coefficient (Wildman–Crippen LogP) is 3.56. The van der Waals surface area contributed by atoms with Crippen LogP contribution in [0.4, 0.5) is 23.7 Å². The molecule has 0 bridgehead atoms. The first-order valence-corrected chi connectivity index (χ1v) is 7.12. The third kappa shape index (κ3) is 7.03. The van der Waals surface area contributed by atoms with Crippen molar-refractivity contribution >= 4 is 17.7 Å². The summed E-state index contributed by atoms with van der Waals surface area (Å²) in [6.45, 7) is 0.307. The zero-order chi connectivity index (χ0) is 17.3. The predicted molar refractivity (Wildman–Crippen MR) is 78.9 cm³/mol. The molecule has 2 amide bonds. The Balaban J connectivity index is 2.34. The van der Waals surface area contributed by atoms with E-state index in [0.717, 1.165) is 6.07 Å². The number of hydrogen-bond acceptors (Lipinski definition) is 3. The van der Waals surface area contributed by atoms with E-state index in [2.05, 4.69) is 15.4 Å². The van der Waals surface area contributed by atoms with Crippen LogP contribution in [-0.4, -0.2) is 25.7 Å². The number of rotatable bonds is 7. The fourth-order valence-corrected chi connectivity index (χ4v) is 1.88. The Morgan fingerprint density at radius 1 is 1.13 bits per heavy atom. The minimum Gasteiger partial charge on any atom is -0.469 e. The zero-order valence-electron chi connectivity index (χ0n) is 12.7. The molecule has 1 aromatic rings. The van der Waals surface area contributed by atoms with E-state index in [1.807, 2.05) is 0 Å². The van der Waals surface area contributed by atoms with Gasteiger partial charge in [-0.2, -0.15) is 13.2 Å². The Labute approximate surface area is 132 Å². The first-order chi connectivity index (χ1) is 10.8. The molecule has 0 aliphatic rings. The van der Waals surface area contributed by atoms with Gasteiger partial charge in [-0.25, -0.2) is 4.79 Å². The maximum absolute atomic E-state index is 12.8. The van der Waals surface area contributed by atoms with Crippen molar-refractivity contribution in [3.8, 4) is 0 Å². The maximum Gasteiger partial charge on any atom is 0.418 e. The number of carbonyl (C=O) groups is 2. The van der Waals surface area contributed by atoms with Crippen LogP contribution in [0.1, 0.15) is 31.2 Å². The van der Waals surface area contributed by atoms with Crippen molar-refractivity contribution in [1.82, 2.24) is 5.32 Å². The number of nitrogens with one attached hydrogen (secondary N) is 2. The molecule has 0 radical (unpaired) electrons. The molecule has 0 saturated heterocycles. The highest BCUT2D eigenvalue weighted by Crippen LogP contribution is 2.34. The molecule has 1 rings (SSSR count). The number of amides is 2. The van der Waals surface area contributed by atoms with Gasteiger partial charge in [0.25, 0.3) is 0 Å². The van der Waals surface area contributed by atoms with Crippen molar-refractivity contribution in [2.24, 2.45) is 0 Å². The molecule has 0 spiro atoms. The van der Waals surface area contributed by atoms with E-state index in [-0.39, 0.29) is 11.7 Å². The Morgan fingerprint density at radius 3 is 2.48 bits per heavy atom. The standard InChI is InChI=1S/C15H19F3N2O3/c1-23-13(21)9-3-2-6-10-19-14(22)20-12-8-5-4-7-11(12)15(16,17)18/h4-5,7-8H,2-3,6,9-10H2,1H3,(H2,19,20,22). The summed E-state index contributed by atoms with van der Waals surface area (Å²) in [7, 11) is 1.31. The van der Waals surface area contributed by atoms with Crippen molar-refractivity contribution in [1.29, 1.82) is 0 Å². The summed E-state index contributed by atoms with van der Waals surface area (Å²) in [5, 5.41) is 4.67. The SMILES string of the molecule is COC(=O)CCCCCNC(=O)Nc1ccccc1C(F)(F)F. The van der Waals surface area contributed by atoms with Crippen LogP contribution in [0.5, 0.6) is 0 Å². The molecule has 0 heterocycles. The number of urea groups is 1. The van der Waals surface area contributed by atoms with Crippen LogP contribution in [0, 0.1) is 0 Å². The van der Waals surface area contributed by atoms with E-state index in [9.17, 15) is 22.8 Å². The minimum absolute atomic E-state index is 0.289. The fourth-order valence-electron chi connectivity index (χ4n) is 1.88. The van der Waals surface area contributed by atoms with Gasteiger partial charge in [-0.05, 0) is 25.0 Å². The summed E-state index contributed by atoms with van der Waals surface area (Å²) < 4.78 is 42.8. The molecule has 23 heavy (non-hydrogen) atoms. The van der Waals surface area contributed by atoms with Crippen LogP contribution in [0.25, 0.3) is 0 Å². The third-order valence-electron chi connectivity index (χ3n) is 3.05. The highest BCUT2D eigenvalue weighted by Gasteiger charge is 2.33. The summed E-state index contributed by atoms with van der Waals surface area (Å²) in [4.78, 5) is 22.5. The fraction of sp³-hybridized carbons (Fsp3) is 0.467. The van der Waals surface area contributed by atoms with Gasteiger partial charge < -0.3 is 15.4 Å². The smallest absolute Gasteiger partial charge is 0.418 e. The highest BCUT2D eigenvalue weighted by molar-refractivity contribution is 5.90. The second-order valence-electron chi connectivity index (χ2n) is 4.81. The third-order valence-corrected chi connectivity index (χ3v) is 3.05. The number of unbranched alkanes of at least 4 members (excludes halogenated alkanes) is 2. The zero-order valence-corrected chi connectivity index (χ0v) is 12.7. The number of methoxy groups -OCH3 is 1. The van der Waals surface area contributed by atoms with Crippen molar-refractivity contribution < 1.29 is 27.5 Å². The van der Waals surface area contributed by atoms with Gasteiger partial charge in [0.1, 0.15) is 0 Å². The summed E-state index contributed by atoms with van der Waals surface area (Å²) in [6, 6.07) is 4.07. The van der Waals surface area contributed by atoms with Crippen LogP contribution in [0.15, 0.2) is 24.3 Å². The highest BCUT2D eigenvalue weighted by atomic mass is 19.4. The van der Waals surface area contributed by atoms with Crippen LogP contribution in [-0.2, 0) is 15.7 Å². The summed E-state index contributed by atoms with van der Waals surface area (Å²) in [5.41, 5.74) is -1.18. The lowest BCUT2D eigenvalue weighted by Crippen LogP contribution is -2.30.